The maximum atomic E-state index is 12.2. The number of fused-ring (bicyclic) bond motifs is 1. The second-order valence-corrected chi connectivity index (χ2v) is 7.03. The average molecular weight is 355 g/mol. The Morgan fingerprint density at radius 3 is 2.83 bits per heavy atom. The summed E-state index contributed by atoms with van der Waals surface area (Å²) in [5.74, 6) is 0.682. The van der Waals surface area contributed by atoms with Gasteiger partial charge in [0.1, 0.15) is 0 Å². The second-order valence-electron chi connectivity index (χ2n) is 7.03. The second kappa shape index (κ2) is 9.90. The van der Waals surface area contributed by atoms with Crippen molar-refractivity contribution in [3.63, 3.8) is 0 Å². The zero-order valence-electron chi connectivity index (χ0n) is 15.0. The van der Waals surface area contributed by atoms with E-state index < -0.39 is 0 Å². The van der Waals surface area contributed by atoms with Gasteiger partial charge < -0.3 is 15.8 Å². The Morgan fingerprint density at radius 2 is 2.12 bits per heavy atom. The lowest BCUT2D eigenvalue weighted by Crippen LogP contribution is -2.31. The number of hydrogen-bond donors (Lipinski definition) is 2. The van der Waals surface area contributed by atoms with E-state index in [2.05, 4.69) is 32.2 Å². The predicted octanol–water partition coefficient (Wildman–Crippen LogP) is 4.03. The van der Waals surface area contributed by atoms with Crippen LogP contribution in [0.1, 0.15) is 63.6 Å². The van der Waals surface area contributed by atoms with Crippen LogP contribution in [0.3, 0.4) is 0 Å². The summed E-state index contributed by atoms with van der Waals surface area (Å²) in [6.45, 7) is 6.92. The van der Waals surface area contributed by atoms with Gasteiger partial charge in [0.2, 0.25) is 5.91 Å². The summed E-state index contributed by atoms with van der Waals surface area (Å²) in [5.41, 5.74) is 9.13. The molecular weight excluding hydrogens is 324 g/mol. The van der Waals surface area contributed by atoms with Crippen molar-refractivity contribution in [3.8, 4) is 0 Å². The molecule has 1 amide bonds. The number of benzene rings is 1. The van der Waals surface area contributed by atoms with Gasteiger partial charge in [-0.2, -0.15) is 0 Å². The quantitative estimate of drug-likeness (QED) is 0.727. The van der Waals surface area contributed by atoms with E-state index in [1.165, 1.54) is 11.1 Å². The number of hydrogen-bond acceptors (Lipinski definition) is 3. The number of anilines is 1. The zero-order valence-corrected chi connectivity index (χ0v) is 15.8. The van der Waals surface area contributed by atoms with Crippen molar-refractivity contribution in [2.24, 2.45) is 5.92 Å². The fraction of sp³-hybridized carbons (Fsp3) is 0.632. The van der Waals surface area contributed by atoms with Gasteiger partial charge in [0, 0.05) is 12.1 Å². The molecule has 0 heterocycles. The van der Waals surface area contributed by atoms with Crippen LogP contribution in [0.25, 0.3) is 0 Å². The fourth-order valence-electron chi connectivity index (χ4n) is 3.34. The van der Waals surface area contributed by atoms with Crippen LogP contribution in [0, 0.1) is 5.92 Å². The molecule has 0 radical (unpaired) electrons. The molecule has 136 valence electrons. The molecule has 0 fully saturated rings. The molecule has 0 spiro atoms. The van der Waals surface area contributed by atoms with E-state index >= 15 is 0 Å². The third-order valence-corrected chi connectivity index (χ3v) is 4.35. The summed E-state index contributed by atoms with van der Waals surface area (Å²) in [7, 11) is 0. The first-order valence-electron chi connectivity index (χ1n) is 8.75. The van der Waals surface area contributed by atoms with Gasteiger partial charge in [0.05, 0.1) is 18.8 Å². The van der Waals surface area contributed by atoms with Gasteiger partial charge in [-0.1, -0.05) is 19.9 Å². The molecule has 2 rings (SSSR count). The van der Waals surface area contributed by atoms with Crippen molar-refractivity contribution in [1.82, 2.24) is 5.32 Å². The number of carbonyl (C=O) groups is 1. The molecule has 24 heavy (non-hydrogen) atoms. The molecule has 2 atom stereocenters. The Hall–Kier alpha value is -1.26. The van der Waals surface area contributed by atoms with Crippen molar-refractivity contribution in [2.75, 3.05) is 12.3 Å². The molecule has 4 nitrogen and oxygen atoms in total. The number of rotatable bonds is 7. The van der Waals surface area contributed by atoms with Gasteiger partial charge in [0.15, 0.2) is 0 Å². The largest absolute Gasteiger partial charge is 0.399 e. The molecule has 1 aromatic rings. The number of nitrogens with one attached hydrogen (secondary N) is 1. The highest BCUT2D eigenvalue weighted by atomic mass is 35.5. The molecular formula is C19H31ClN2O2. The monoisotopic (exact) mass is 354 g/mol. The Morgan fingerprint density at radius 1 is 1.38 bits per heavy atom. The minimum atomic E-state index is 0. The van der Waals surface area contributed by atoms with Gasteiger partial charge in [-0.25, -0.2) is 0 Å². The van der Waals surface area contributed by atoms with E-state index in [0.29, 0.717) is 18.9 Å². The molecule has 0 aliphatic heterocycles. The Balaban J connectivity index is 0.00000288. The Kier molecular flexibility index (Phi) is 8.57. The van der Waals surface area contributed by atoms with Crippen LogP contribution in [0.5, 0.6) is 0 Å². The molecule has 1 aliphatic rings. The van der Waals surface area contributed by atoms with E-state index in [9.17, 15) is 4.79 Å². The number of nitrogens with two attached hydrogens (primary N) is 1. The van der Waals surface area contributed by atoms with Crippen molar-refractivity contribution >= 4 is 24.0 Å². The Labute approximate surface area is 151 Å². The van der Waals surface area contributed by atoms with Crippen molar-refractivity contribution in [1.29, 1.82) is 0 Å². The normalized spacial score (nSPS) is 17.8. The summed E-state index contributed by atoms with van der Waals surface area (Å²) < 4.78 is 5.72. The van der Waals surface area contributed by atoms with E-state index in [1.54, 1.807) is 0 Å². The van der Waals surface area contributed by atoms with Gasteiger partial charge >= 0.3 is 0 Å². The lowest BCUT2D eigenvalue weighted by molar-refractivity contribution is -0.123. The zero-order chi connectivity index (χ0) is 16.8. The van der Waals surface area contributed by atoms with Crippen LogP contribution in [0.4, 0.5) is 5.69 Å². The van der Waals surface area contributed by atoms with E-state index in [4.69, 9.17) is 10.5 Å². The minimum Gasteiger partial charge on any atom is -0.399 e. The van der Waals surface area contributed by atoms with E-state index in [1.807, 2.05) is 12.1 Å². The third kappa shape index (κ3) is 6.33. The Bertz CT molecular complexity index is 534. The van der Waals surface area contributed by atoms with Crippen LogP contribution in [-0.4, -0.2) is 18.6 Å². The first kappa shape index (κ1) is 20.8. The summed E-state index contributed by atoms with van der Waals surface area (Å²) >= 11 is 0. The number of carbonyl (C=O) groups excluding carboxylic acids is 1. The van der Waals surface area contributed by atoms with Gasteiger partial charge in [-0.3, -0.25) is 4.79 Å². The predicted molar refractivity (Wildman–Crippen MR) is 101 cm³/mol. The minimum absolute atomic E-state index is 0. The molecule has 0 aromatic heterocycles. The van der Waals surface area contributed by atoms with Crippen LogP contribution in [0.2, 0.25) is 0 Å². The van der Waals surface area contributed by atoms with Gasteiger partial charge in [-0.15, -0.1) is 12.4 Å². The molecule has 1 aliphatic carbocycles. The lowest BCUT2D eigenvalue weighted by Gasteiger charge is -2.27. The van der Waals surface area contributed by atoms with E-state index in [-0.39, 0.29) is 30.5 Å². The van der Waals surface area contributed by atoms with Crippen LogP contribution in [-0.2, 0) is 16.0 Å². The van der Waals surface area contributed by atoms with Crippen molar-refractivity contribution < 1.29 is 9.53 Å². The van der Waals surface area contributed by atoms with Crippen molar-refractivity contribution in [3.05, 3.63) is 29.3 Å². The summed E-state index contributed by atoms with van der Waals surface area (Å²) in [4.78, 5) is 12.2. The van der Waals surface area contributed by atoms with Crippen LogP contribution < -0.4 is 11.1 Å². The number of aryl methyl sites for hydroxylation is 1. The summed E-state index contributed by atoms with van der Waals surface area (Å²) in [6.07, 6.45) is 4.78. The summed E-state index contributed by atoms with van der Waals surface area (Å²) in [6, 6.07) is 6.11. The van der Waals surface area contributed by atoms with Crippen LogP contribution >= 0.6 is 12.4 Å². The van der Waals surface area contributed by atoms with Crippen LogP contribution in [0.15, 0.2) is 18.2 Å². The molecule has 0 bridgehead atoms. The standard InChI is InChI=1S/C19H30N2O2.ClH/c1-13(2)11-14(3)23-10-9-19(22)21-18-6-4-5-15-12-16(20)7-8-17(15)18;/h7-8,12-14,18H,4-6,9-11,20H2,1-3H3,(H,21,22);1H. The van der Waals surface area contributed by atoms with E-state index in [0.717, 1.165) is 31.4 Å². The molecule has 0 saturated heterocycles. The number of ether oxygens (including phenoxy) is 1. The number of amides is 1. The highest BCUT2D eigenvalue weighted by Gasteiger charge is 2.21. The summed E-state index contributed by atoms with van der Waals surface area (Å²) in [5, 5.41) is 3.15. The highest BCUT2D eigenvalue weighted by molar-refractivity contribution is 5.85. The lowest BCUT2D eigenvalue weighted by atomic mass is 9.87. The molecule has 5 heteroatoms. The number of halogens is 1. The van der Waals surface area contributed by atoms with Gasteiger partial charge in [-0.05, 0) is 61.8 Å². The highest BCUT2D eigenvalue weighted by Crippen LogP contribution is 2.30. The van der Waals surface area contributed by atoms with Gasteiger partial charge in [0.25, 0.3) is 0 Å². The molecule has 3 N–H and O–H groups in total. The SMILES string of the molecule is CC(C)CC(C)OCCC(=O)NC1CCCc2cc(N)ccc21.Cl. The third-order valence-electron chi connectivity index (χ3n) is 4.35. The topological polar surface area (TPSA) is 64.3 Å². The molecule has 0 saturated carbocycles. The smallest absolute Gasteiger partial charge is 0.222 e. The molecule has 1 aromatic carbocycles. The maximum Gasteiger partial charge on any atom is 0.222 e. The molecule has 2 unspecified atom stereocenters. The average Bonchev–Trinajstić information content (AvgIpc) is 2.46. The number of nitrogen functional groups attached to an aromatic ring is 1. The maximum absolute atomic E-state index is 12.2. The first-order valence-corrected chi connectivity index (χ1v) is 8.75. The fourth-order valence-corrected chi connectivity index (χ4v) is 3.34. The first-order chi connectivity index (χ1) is 11.0. The van der Waals surface area contributed by atoms with Crippen molar-refractivity contribution in [2.45, 2.75) is 65.0 Å².